The highest BCUT2D eigenvalue weighted by molar-refractivity contribution is 6.00. The van der Waals surface area contributed by atoms with Crippen LogP contribution in [0.25, 0.3) is 0 Å². The van der Waals surface area contributed by atoms with E-state index in [4.69, 9.17) is 9.47 Å². The van der Waals surface area contributed by atoms with Gasteiger partial charge in [-0.2, -0.15) is 0 Å². The Labute approximate surface area is 196 Å². The van der Waals surface area contributed by atoms with Gasteiger partial charge in [0.15, 0.2) is 5.78 Å². The number of benzene rings is 2. The molecule has 5 rings (SSSR count). The summed E-state index contributed by atoms with van der Waals surface area (Å²) in [5, 5.41) is 0. The number of piperidine rings is 1. The zero-order valence-corrected chi connectivity index (χ0v) is 18.9. The molecule has 2 aliphatic heterocycles. The summed E-state index contributed by atoms with van der Waals surface area (Å²) in [7, 11) is 1.60. The van der Waals surface area contributed by atoms with E-state index in [9.17, 15) is 14.4 Å². The molecule has 0 radical (unpaired) electrons. The van der Waals surface area contributed by atoms with E-state index in [-0.39, 0.29) is 22.9 Å². The van der Waals surface area contributed by atoms with Crippen LogP contribution in [-0.4, -0.2) is 52.4 Å². The van der Waals surface area contributed by atoms with Gasteiger partial charge in [-0.1, -0.05) is 24.3 Å². The van der Waals surface area contributed by atoms with Crippen LogP contribution in [0.5, 0.6) is 11.5 Å². The van der Waals surface area contributed by atoms with Crippen LogP contribution in [0, 0.1) is 0 Å². The minimum Gasteiger partial charge on any atom is -0.497 e. The SMILES string of the molecule is COc1ccc(Cc2nc(C(=O)N3CCC4(CC3)CC(=O)c3ccccc3O4)cc(=O)[nH]2)cc1. The van der Waals surface area contributed by atoms with E-state index < -0.39 is 5.60 Å². The number of ketones is 1. The van der Waals surface area contributed by atoms with E-state index in [0.717, 1.165) is 11.3 Å². The molecular formula is C26H25N3O5. The van der Waals surface area contributed by atoms with E-state index in [1.54, 1.807) is 18.1 Å². The molecule has 1 saturated heterocycles. The molecule has 174 valence electrons. The van der Waals surface area contributed by atoms with Crippen LogP contribution in [0.4, 0.5) is 0 Å². The van der Waals surface area contributed by atoms with E-state index in [0.29, 0.717) is 55.9 Å². The first-order valence-electron chi connectivity index (χ1n) is 11.3. The number of H-pyrrole nitrogens is 1. The molecular weight excluding hydrogens is 434 g/mol. The standard InChI is InChI=1S/C26H25N3O5/c1-33-18-8-6-17(7-9-18)14-23-27-20(15-24(31)28-23)25(32)29-12-10-26(11-13-29)16-21(30)19-4-2-3-5-22(19)34-26/h2-9,15H,10-14,16H2,1H3,(H,27,28,31). The number of nitrogens with zero attached hydrogens (tertiary/aromatic N) is 2. The van der Waals surface area contributed by atoms with E-state index >= 15 is 0 Å². The molecule has 0 aliphatic carbocycles. The lowest BCUT2D eigenvalue weighted by atomic mass is 9.82. The number of carbonyl (C=O) groups is 2. The first-order chi connectivity index (χ1) is 16.4. The Kier molecular flexibility index (Phi) is 5.65. The average molecular weight is 460 g/mol. The molecule has 1 fully saturated rings. The molecule has 34 heavy (non-hydrogen) atoms. The van der Waals surface area contributed by atoms with Crippen molar-refractivity contribution in [1.29, 1.82) is 0 Å². The van der Waals surface area contributed by atoms with E-state index in [1.165, 1.54) is 6.07 Å². The van der Waals surface area contributed by atoms with Gasteiger partial charge in [0.1, 0.15) is 28.6 Å². The van der Waals surface area contributed by atoms with Crippen molar-refractivity contribution in [3.8, 4) is 11.5 Å². The Balaban J connectivity index is 1.28. The van der Waals surface area contributed by atoms with Crippen LogP contribution < -0.4 is 15.0 Å². The molecule has 8 heteroatoms. The van der Waals surface area contributed by atoms with Gasteiger partial charge in [-0.25, -0.2) is 4.98 Å². The van der Waals surface area contributed by atoms with Gasteiger partial charge < -0.3 is 19.4 Å². The summed E-state index contributed by atoms with van der Waals surface area (Å²) in [6.45, 7) is 0.854. The monoisotopic (exact) mass is 459 g/mol. The summed E-state index contributed by atoms with van der Waals surface area (Å²) in [6.07, 6.45) is 1.78. The number of rotatable bonds is 4. The Morgan fingerprint density at radius 1 is 1.12 bits per heavy atom. The summed E-state index contributed by atoms with van der Waals surface area (Å²) >= 11 is 0. The van der Waals surface area contributed by atoms with Crippen molar-refractivity contribution in [2.24, 2.45) is 0 Å². The van der Waals surface area contributed by atoms with Crippen molar-refractivity contribution in [2.75, 3.05) is 20.2 Å². The van der Waals surface area contributed by atoms with Crippen LogP contribution in [-0.2, 0) is 6.42 Å². The lowest BCUT2D eigenvalue weighted by molar-refractivity contribution is -0.00586. The van der Waals surface area contributed by atoms with E-state index in [2.05, 4.69) is 9.97 Å². The number of fused-ring (bicyclic) bond motifs is 1. The second-order valence-corrected chi connectivity index (χ2v) is 8.78. The summed E-state index contributed by atoms with van der Waals surface area (Å²) in [5.74, 6) is 1.55. The van der Waals surface area contributed by atoms with Crippen molar-refractivity contribution < 1.29 is 19.1 Å². The molecule has 8 nitrogen and oxygen atoms in total. The number of ether oxygens (including phenoxy) is 2. The first kappa shape index (κ1) is 21.9. The van der Waals surface area contributed by atoms with Crippen molar-refractivity contribution >= 4 is 11.7 Å². The maximum absolute atomic E-state index is 13.2. The van der Waals surface area contributed by atoms with Gasteiger partial charge in [0.05, 0.1) is 19.1 Å². The number of carbonyl (C=O) groups excluding carboxylic acids is 2. The van der Waals surface area contributed by atoms with Crippen molar-refractivity contribution in [1.82, 2.24) is 14.9 Å². The van der Waals surface area contributed by atoms with Gasteiger partial charge in [0, 0.05) is 38.4 Å². The number of nitrogens with one attached hydrogen (secondary N) is 1. The zero-order valence-electron chi connectivity index (χ0n) is 18.9. The van der Waals surface area contributed by atoms with E-state index in [1.807, 2.05) is 42.5 Å². The lowest BCUT2D eigenvalue weighted by Crippen LogP contribution is -2.52. The number of methoxy groups -OCH3 is 1. The molecule has 1 amide bonds. The Morgan fingerprint density at radius 2 is 1.85 bits per heavy atom. The lowest BCUT2D eigenvalue weighted by Gasteiger charge is -2.43. The smallest absolute Gasteiger partial charge is 0.272 e. The van der Waals surface area contributed by atoms with Gasteiger partial charge in [-0.05, 0) is 29.8 Å². The first-order valence-corrected chi connectivity index (χ1v) is 11.3. The molecule has 3 aromatic rings. The summed E-state index contributed by atoms with van der Waals surface area (Å²) < 4.78 is 11.4. The molecule has 3 heterocycles. The Bertz CT molecular complexity index is 1290. The predicted molar refractivity (Wildman–Crippen MR) is 125 cm³/mol. The fourth-order valence-electron chi connectivity index (χ4n) is 4.64. The third kappa shape index (κ3) is 4.31. The summed E-state index contributed by atoms with van der Waals surface area (Å²) in [4.78, 5) is 46.9. The third-order valence-electron chi connectivity index (χ3n) is 6.50. The number of para-hydroxylation sites is 1. The Morgan fingerprint density at radius 3 is 2.59 bits per heavy atom. The highest BCUT2D eigenvalue weighted by Gasteiger charge is 2.43. The van der Waals surface area contributed by atoms with Gasteiger partial charge in [-0.15, -0.1) is 0 Å². The number of aromatic amines is 1. The van der Waals surface area contributed by atoms with Crippen LogP contribution in [0.1, 0.15) is 51.5 Å². The highest BCUT2D eigenvalue weighted by atomic mass is 16.5. The average Bonchev–Trinajstić information content (AvgIpc) is 2.84. The molecule has 0 bridgehead atoms. The summed E-state index contributed by atoms with van der Waals surface area (Å²) in [5.41, 5.74) is 0.711. The number of hydrogen-bond donors (Lipinski definition) is 1. The topological polar surface area (TPSA) is 102 Å². The molecule has 1 spiro atoms. The minimum atomic E-state index is -0.594. The largest absolute Gasteiger partial charge is 0.497 e. The van der Waals surface area contributed by atoms with Gasteiger partial charge in [-0.3, -0.25) is 14.4 Å². The maximum atomic E-state index is 13.2. The van der Waals surface area contributed by atoms with Gasteiger partial charge in [0.2, 0.25) is 0 Å². The van der Waals surface area contributed by atoms with Crippen LogP contribution in [0.2, 0.25) is 0 Å². The zero-order chi connectivity index (χ0) is 23.7. The fraction of sp³-hybridized carbons (Fsp3) is 0.308. The maximum Gasteiger partial charge on any atom is 0.272 e. The molecule has 2 aliphatic rings. The van der Waals surface area contributed by atoms with Crippen molar-refractivity contribution in [3.63, 3.8) is 0 Å². The molecule has 0 atom stereocenters. The number of Topliss-reactive ketones (excluding diaryl/α,β-unsaturated/α-hetero) is 1. The molecule has 0 unspecified atom stereocenters. The van der Waals surface area contributed by atoms with Gasteiger partial charge in [0.25, 0.3) is 11.5 Å². The highest BCUT2D eigenvalue weighted by Crippen LogP contribution is 2.39. The molecule has 2 aromatic carbocycles. The second-order valence-electron chi connectivity index (χ2n) is 8.78. The second kappa shape index (κ2) is 8.78. The van der Waals surface area contributed by atoms with Crippen molar-refractivity contribution in [2.45, 2.75) is 31.3 Å². The van der Waals surface area contributed by atoms with Crippen LogP contribution in [0.15, 0.2) is 59.4 Å². The Hall–Kier alpha value is -3.94. The summed E-state index contributed by atoms with van der Waals surface area (Å²) in [6, 6.07) is 16.0. The normalized spacial score (nSPS) is 16.6. The number of likely N-dealkylation sites (tertiary alicyclic amines) is 1. The fourth-order valence-corrected chi connectivity index (χ4v) is 4.64. The molecule has 1 N–H and O–H groups in total. The van der Waals surface area contributed by atoms with Crippen LogP contribution in [0.3, 0.4) is 0 Å². The number of hydrogen-bond acceptors (Lipinski definition) is 6. The van der Waals surface area contributed by atoms with Gasteiger partial charge >= 0.3 is 0 Å². The number of amides is 1. The van der Waals surface area contributed by atoms with Crippen molar-refractivity contribution in [3.05, 3.63) is 87.6 Å². The number of aromatic nitrogens is 2. The minimum absolute atomic E-state index is 0.0704. The predicted octanol–water partition coefficient (Wildman–Crippen LogP) is 3.01. The quantitative estimate of drug-likeness (QED) is 0.644. The third-order valence-corrected chi connectivity index (χ3v) is 6.50. The molecule has 0 saturated carbocycles. The molecule has 1 aromatic heterocycles. The van der Waals surface area contributed by atoms with Crippen LogP contribution >= 0.6 is 0 Å².